The van der Waals surface area contributed by atoms with Gasteiger partial charge in [-0.25, -0.2) is 9.37 Å². The molecule has 0 aliphatic carbocycles. The van der Waals surface area contributed by atoms with E-state index in [0.29, 0.717) is 16.0 Å². The average molecular weight is 296 g/mol. The predicted molar refractivity (Wildman–Crippen MR) is 70.8 cm³/mol. The number of nitrogens with zero attached hydrogens (tertiary/aromatic N) is 1. The lowest BCUT2D eigenvalue weighted by Gasteiger charge is -2.10. The maximum absolute atomic E-state index is 12.9. The minimum atomic E-state index is -0.288. The highest BCUT2D eigenvalue weighted by Crippen LogP contribution is 2.27. The van der Waals surface area contributed by atoms with E-state index >= 15 is 0 Å². The maximum Gasteiger partial charge on any atom is 0.133 e. The van der Waals surface area contributed by atoms with Gasteiger partial charge in [0, 0.05) is 4.47 Å². The molecule has 0 saturated heterocycles. The van der Waals surface area contributed by atoms with Crippen LogP contribution in [0.4, 0.5) is 21.6 Å². The fourth-order valence-corrected chi connectivity index (χ4v) is 1.90. The first-order chi connectivity index (χ1) is 8.06. The number of aromatic nitrogens is 1. The van der Waals surface area contributed by atoms with Crippen LogP contribution in [0.5, 0.6) is 0 Å². The van der Waals surface area contributed by atoms with E-state index in [1.807, 2.05) is 13.0 Å². The molecular weight excluding hydrogens is 285 g/mol. The molecule has 3 N–H and O–H groups in total. The second-order valence-corrected chi connectivity index (χ2v) is 4.54. The van der Waals surface area contributed by atoms with Crippen LogP contribution in [0.1, 0.15) is 5.56 Å². The van der Waals surface area contributed by atoms with Gasteiger partial charge in [0.05, 0.1) is 17.6 Å². The van der Waals surface area contributed by atoms with Crippen LogP contribution in [0.25, 0.3) is 0 Å². The standard InChI is InChI=1S/C12H11BrFN3/c1-7-4-9(15)6-16-12(7)17-11-3-2-8(14)5-10(11)13/h2-6H,15H2,1H3,(H,16,17). The van der Waals surface area contributed by atoms with Crippen molar-refractivity contribution in [2.45, 2.75) is 6.92 Å². The van der Waals surface area contributed by atoms with Crippen molar-refractivity contribution in [2.75, 3.05) is 11.1 Å². The smallest absolute Gasteiger partial charge is 0.133 e. The van der Waals surface area contributed by atoms with Crippen molar-refractivity contribution < 1.29 is 4.39 Å². The van der Waals surface area contributed by atoms with E-state index in [9.17, 15) is 4.39 Å². The van der Waals surface area contributed by atoms with E-state index in [2.05, 4.69) is 26.2 Å². The lowest BCUT2D eigenvalue weighted by atomic mass is 10.2. The minimum absolute atomic E-state index is 0.288. The van der Waals surface area contributed by atoms with Crippen LogP contribution >= 0.6 is 15.9 Å². The Hall–Kier alpha value is -1.62. The third-order valence-corrected chi connectivity index (χ3v) is 2.94. The molecule has 0 saturated carbocycles. The van der Waals surface area contributed by atoms with Gasteiger partial charge in [0.1, 0.15) is 11.6 Å². The number of halogens is 2. The van der Waals surface area contributed by atoms with Crippen LogP contribution in [0, 0.1) is 12.7 Å². The Balaban J connectivity index is 2.31. The summed E-state index contributed by atoms with van der Waals surface area (Å²) in [6.45, 7) is 1.91. The van der Waals surface area contributed by atoms with Gasteiger partial charge in [0.15, 0.2) is 0 Å². The summed E-state index contributed by atoms with van der Waals surface area (Å²) in [5.74, 6) is 0.413. The highest BCUT2D eigenvalue weighted by atomic mass is 79.9. The summed E-state index contributed by atoms with van der Waals surface area (Å²) in [6.07, 6.45) is 1.58. The number of nitrogens with one attached hydrogen (secondary N) is 1. The Morgan fingerprint density at radius 3 is 2.76 bits per heavy atom. The number of hydrogen-bond donors (Lipinski definition) is 2. The summed E-state index contributed by atoms with van der Waals surface area (Å²) in [7, 11) is 0. The summed E-state index contributed by atoms with van der Waals surface area (Å²) >= 11 is 3.29. The van der Waals surface area contributed by atoms with Gasteiger partial charge in [0.2, 0.25) is 0 Å². The molecule has 0 fully saturated rings. The molecule has 0 bridgehead atoms. The van der Waals surface area contributed by atoms with E-state index in [0.717, 1.165) is 11.3 Å². The SMILES string of the molecule is Cc1cc(N)cnc1Nc1ccc(F)cc1Br. The quantitative estimate of drug-likeness (QED) is 0.890. The molecule has 17 heavy (non-hydrogen) atoms. The Morgan fingerprint density at radius 1 is 1.35 bits per heavy atom. The number of anilines is 3. The van der Waals surface area contributed by atoms with Gasteiger partial charge in [-0.05, 0) is 52.7 Å². The summed E-state index contributed by atoms with van der Waals surface area (Å²) in [5.41, 5.74) is 7.93. The molecular formula is C12H11BrFN3. The van der Waals surface area contributed by atoms with Crippen LogP contribution < -0.4 is 11.1 Å². The minimum Gasteiger partial charge on any atom is -0.397 e. The lowest BCUT2D eigenvalue weighted by molar-refractivity contribution is 0.627. The van der Waals surface area contributed by atoms with E-state index in [4.69, 9.17) is 5.73 Å². The van der Waals surface area contributed by atoms with Crippen molar-refractivity contribution in [1.29, 1.82) is 0 Å². The molecule has 0 spiro atoms. The molecule has 0 amide bonds. The molecule has 88 valence electrons. The van der Waals surface area contributed by atoms with Gasteiger partial charge in [0.25, 0.3) is 0 Å². The molecule has 2 rings (SSSR count). The molecule has 5 heteroatoms. The number of benzene rings is 1. The topological polar surface area (TPSA) is 50.9 Å². The van der Waals surface area contributed by atoms with Crippen molar-refractivity contribution in [3.63, 3.8) is 0 Å². The summed E-state index contributed by atoms with van der Waals surface area (Å²) in [6, 6.07) is 6.26. The van der Waals surface area contributed by atoms with Gasteiger partial charge >= 0.3 is 0 Å². The van der Waals surface area contributed by atoms with Crippen molar-refractivity contribution in [3.8, 4) is 0 Å². The van der Waals surface area contributed by atoms with E-state index in [1.54, 1.807) is 12.3 Å². The fraction of sp³-hybridized carbons (Fsp3) is 0.0833. The zero-order valence-corrected chi connectivity index (χ0v) is 10.8. The van der Waals surface area contributed by atoms with Gasteiger partial charge in [-0.2, -0.15) is 0 Å². The van der Waals surface area contributed by atoms with Gasteiger partial charge < -0.3 is 11.1 Å². The van der Waals surface area contributed by atoms with E-state index in [-0.39, 0.29) is 5.82 Å². The van der Waals surface area contributed by atoms with Crippen molar-refractivity contribution in [2.24, 2.45) is 0 Å². The first-order valence-electron chi connectivity index (χ1n) is 5.00. The Kier molecular flexibility index (Phi) is 3.28. The highest BCUT2D eigenvalue weighted by molar-refractivity contribution is 9.10. The molecule has 1 aromatic heterocycles. The molecule has 0 radical (unpaired) electrons. The molecule has 3 nitrogen and oxygen atoms in total. The third kappa shape index (κ3) is 2.74. The van der Waals surface area contributed by atoms with Gasteiger partial charge in [-0.3, -0.25) is 0 Å². The lowest BCUT2D eigenvalue weighted by Crippen LogP contribution is -1.98. The summed E-state index contributed by atoms with van der Waals surface area (Å²) in [5, 5.41) is 3.11. The Labute approximate surface area is 107 Å². The molecule has 0 aliphatic rings. The first-order valence-corrected chi connectivity index (χ1v) is 5.80. The largest absolute Gasteiger partial charge is 0.397 e. The number of nitrogen functional groups attached to an aromatic ring is 1. The highest BCUT2D eigenvalue weighted by Gasteiger charge is 2.05. The molecule has 1 heterocycles. The molecule has 1 aromatic carbocycles. The monoisotopic (exact) mass is 295 g/mol. The normalized spacial score (nSPS) is 10.3. The first kappa shape index (κ1) is 11.9. The van der Waals surface area contributed by atoms with Gasteiger partial charge in [-0.1, -0.05) is 0 Å². The molecule has 2 aromatic rings. The number of hydrogen-bond acceptors (Lipinski definition) is 3. The van der Waals surface area contributed by atoms with E-state index in [1.165, 1.54) is 12.1 Å². The average Bonchev–Trinajstić information content (AvgIpc) is 2.25. The third-order valence-electron chi connectivity index (χ3n) is 2.28. The second-order valence-electron chi connectivity index (χ2n) is 3.68. The van der Waals surface area contributed by atoms with Crippen LogP contribution in [-0.4, -0.2) is 4.98 Å². The number of nitrogens with two attached hydrogens (primary N) is 1. The second kappa shape index (κ2) is 4.71. The van der Waals surface area contributed by atoms with Crippen LogP contribution in [-0.2, 0) is 0 Å². The predicted octanol–water partition coefficient (Wildman–Crippen LogP) is 3.62. The number of pyridine rings is 1. The van der Waals surface area contributed by atoms with Crippen molar-refractivity contribution >= 4 is 33.1 Å². The molecule has 0 unspecified atom stereocenters. The van der Waals surface area contributed by atoms with Crippen molar-refractivity contribution in [1.82, 2.24) is 4.98 Å². The maximum atomic E-state index is 12.9. The molecule has 0 atom stereocenters. The number of aryl methyl sites for hydroxylation is 1. The Bertz CT molecular complexity index is 508. The van der Waals surface area contributed by atoms with Crippen LogP contribution in [0.15, 0.2) is 34.9 Å². The van der Waals surface area contributed by atoms with Crippen LogP contribution in [0.2, 0.25) is 0 Å². The summed E-state index contributed by atoms with van der Waals surface area (Å²) in [4.78, 5) is 4.19. The number of rotatable bonds is 2. The van der Waals surface area contributed by atoms with E-state index < -0.39 is 0 Å². The zero-order chi connectivity index (χ0) is 12.4. The Morgan fingerprint density at radius 2 is 2.12 bits per heavy atom. The zero-order valence-electron chi connectivity index (χ0n) is 9.17. The fourth-order valence-electron chi connectivity index (χ4n) is 1.45. The van der Waals surface area contributed by atoms with Crippen LogP contribution in [0.3, 0.4) is 0 Å². The van der Waals surface area contributed by atoms with Crippen molar-refractivity contribution in [3.05, 3.63) is 46.3 Å². The van der Waals surface area contributed by atoms with Gasteiger partial charge in [-0.15, -0.1) is 0 Å². The summed E-state index contributed by atoms with van der Waals surface area (Å²) < 4.78 is 13.6. The molecule has 0 aliphatic heterocycles.